The highest BCUT2D eigenvalue weighted by atomic mass is 16.5. The van der Waals surface area contributed by atoms with Gasteiger partial charge in [-0.05, 0) is 36.4 Å². The monoisotopic (exact) mass is 289 g/mol. The molecule has 0 saturated heterocycles. The lowest BCUT2D eigenvalue weighted by molar-refractivity contribution is 0.479. The van der Waals surface area contributed by atoms with Gasteiger partial charge < -0.3 is 4.74 Å². The number of para-hydroxylation sites is 2. The summed E-state index contributed by atoms with van der Waals surface area (Å²) in [5, 5.41) is 4.24. The van der Waals surface area contributed by atoms with Crippen molar-refractivity contribution in [1.82, 2.24) is 4.98 Å². The van der Waals surface area contributed by atoms with Crippen LogP contribution in [0.3, 0.4) is 0 Å². The number of hydrazone groups is 1. The van der Waals surface area contributed by atoms with Gasteiger partial charge in [-0.1, -0.05) is 30.3 Å². The molecule has 2 aromatic carbocycles. The fourth-order valence-corrected chi connectivity index (χ4v) is 1.90. The highest BCUT2D eigenvalue weighted by Crippen LogP contribution is 2.23. The molecule has 4 heteroatoms. The first kappa shape index (κ1) is 13.8. The molecule has 0 radical (unpaired) electrons. The summed E-state index contributed by atoms with van der Waals surface area (Å²) in [5.74, 6) is 1.42. The molecule has 3 aromatic rings. The van der Waals surface area contributed by atoms with E-state index in [1.165, 1.54) is 0 Å². The molecule has 0 spiro atoms. The summed E-state index contributed by atoms with van der Waals surface area (Å²) in [7, 11) is 0. The Labute approximate surface area is 129 Å². The first-order valence-electron chi connectivity index (χ1n) is 6.93. The smallest absolute Gasteiger partial charge is 0.145 e. The average molecular weight is 289 g/mol. The highest BCUT2D eigenvalue weighted by molar-refractivity contribution is 5.84. The highest BCUT2D eigenvalue weighted by Gasteiger charge is 2.02. The van der Waals surface area contributed by atoms with E-state index in [0.29, 0.717) is 5.75 Å². The van der Waals surface area contributed by atoms with Crippen LogP contribution in [0, 0.1) is 0 Å². The number of hydrogen-bond donors (Lipinski definition) is 1. The first-order valence-corrected chi connectivity index (χ1v) is 6.93. The van der Waals surface area contributed by atoms with E-state index >= 15 is 0 Å². The number of nitrogens with zero attached hydrogens (tertiary/aromatic N) is 2. The molecule has 1 heterocycles. The molecule has 3 rings (SSSR count). The number of benzene rings is 2. The van der Waals surface area contributed by atoms with Gasteiger partial charge >= 0.3 is 0 Å². The minimum absolute atomic E-state index is 0.694. The number of aromatic nitrogens is 1. The maximum atomic E-state index is 5.83. The van der Waals surface area contributed by atoms with Gasteiger partial charge in [-0.2, -0.15) is 5.10 Å². The third kappa shape index (κ3) is 3.70. The van der Waals surface area contributed by atoms with Crippen molar-refractivity contribution >= 4 is 11.9 Å². The molecule has 0 saturated carbocycles. The van der Waals surface area contributed by atoms with E-state index < -0.39 is 0 Å². The summed E-state index contributed by atoms with van der Waals surface area (Å²) in [6.07, 6.45) is 5.12. The quantitative estimate of drug-likeness (QED) is 0.562. The number of rotatable bonds is 5. The van der Waals surface area contributed by atoms with Crippen molar-refractivity contribution in [3.63, 3.8) is 0 Å². The lowest BCUT2D eigenvalue weighted by Gasteiger charge is -2.07. The summed E-state index contributed by atoms with van der Waals surface area (Å²) in [6, 6.07) is 21.2. The van der Waals surface area contributed by atoms with Crippen LogP contribution in [0.15, 0.2) is 84.2 Å². The Kier molecular flexibility index (Phi) is 4.42. The van der Waals surface area contributed by atoms with Crippen molar-refractivity contribution in [3.8, 4) is 11.5 Å². The van der Waals surface area contributed by atoms with Gasteiger partial charge in [0.2, 0.25) is 0 Å². The van der Waals surface area contributed by atoms with E-state index in [9.17, 15) is 0 Å². The van der Waals surface area contributed by atoms with Crippen molar-refractivity contribution in [2.24, 2.45) is 5.10 Å². The Morgan fingerprint density at radius 2 is 1.73 bits per heavy atom. The molecule has 4 nitrogen and oxygen atoms in total. The van der Waals surface area contributed by atoms with Crippen LogP contribution in [0.1, 0.15) is 5.56 Å². The Hall–Kier alpha value is -3.14. The number of nitrogens with one attached hydrogen (secondary N) is 1. The molecule has 1 N–H and O–H groups in total. The van der Waals surface area contributed by atoms with Gasteiger partial charge in [-0.3, -0.25) is 10.4 Å². The van der Waals surface area contributed by atoms with Gasteiger partial charge in [-0.15, -0.1) is 0 Å². The summed E-state index contributed by atoms with van der Waals surface area (Å²) in [4.78, 5) is 4.04. The zero-order valence-electron chi connectivity index (χ0n) is 11.9. The summed E-state index contributed by atoms with van der Waals surface area (Å²) >= 11 is 0. The minimum atomic E-state index is 0.694. The zero-order valence-corrected chi connectivity index (χ0v) is 11.9. The van der Waals surface area contributed by atoms with Crippen LogP contribution in [0.2, 0.25) is 0 Å². The standard InChI is InChI=1S/C18H15N3O/c1-2-8-16(9-3-1)21-20-13-15-7-4-5-11-18(15)22-17-10-6-12-19-14-17/h1-14,21H. The second-order valence-corrected chi connectivity index (χ2v) is 4.56. The molecule has 0 unspecified atom stereocenters. The Morgan fingerprint density at radius 3 is 2.55 bits per heavy atom. The Bertz CT molecular complexity index is 743. The largest absolute Gasteiger partial charge is 0.455 e. The fraction of sp³-hybridized carbons (Fsp3) is 0. The summed E-state index contributed by atoms with van der Waals surface area (Å²) in [6.45, 7) is 0. The zero-order chi connectivity index (χ0) is 15.0. The van der Waals surface area contributed by atoms with E-state index in [2.05, 4.69) is 15.5 Å². The van der Waals surface area contributed by atoms with Crippen LogP contribution in [-0.4, -0.2) is 11.2 Å². The van der Waals surface area contributed by atoms with Crippen molar-refractivity contribution in [3.05, 3.63) is 84.7 Å². The maximum absolute atomic E-state index is 5.83. The van der Waals surface area contributed by atoms with E-state index in [4.69, 9.17) is 4.74 Å². The molecule has 108 valence electrons. The third-order valence-corrected chi connectivity index (χ3v) is 2.95. The molecular weight excluding hydrogens is 274 g/mol. The van der Waals surface area contributed by atoms with Gasteiger partial charge in [0.1, 0.15) is 11.5 Å². The molecular formula is C18H15N3O. The van der Waals surface area contributed by atoms with Crippen LogP contribution in [0.4, 0.5) is 5.69 Å². The van der Waals surface area contributed by atoms with Crippen LogP contribution in [0.25, 0.3) is 0 Å². The predicted molar refractivity (Wildman–Crippen MR) is 88.4 cm³/mol. The molecule has 0 aliphatic carbocycles. The van der Waals surface area contributed by atoms with Crippen molar-refractivity contribution in [2.75, 3.05) is 5.43 Å². The Balaban J connectivity index is 1.74. The van der Waals surface area contributed by atoms with Gasteiger partial charge in [0, 0.05) is 11.8 Å². The molecule has 0 bridgehead atoms. The minimum Gasteiger partial charge on any atom is -0.455 e. The third-order valence-electron chi connectivity index (χ3n) is 2.95. The number of pyridine rings is 1. The van der Waals surface area contributed by atoms with Crippen LogP contribution in [0.5, 0.6) is 11.5 Å². The number of hydrogen-bond acceptors (Lipinski definition) is 4. The molecule has 0 atom stereocenters. The number of ether oxygens (including phenoxy) is 1. The summed E-state index contributed by atoms with van der Waals surface area (Å²) in [5.41, 5.74) is 4.80. The average Bonchev–Trinajstić information content (AvgIpc) is 2.58. The van der Waals surface area contributed by atoms with Gasteiger partial charge in [0.15, 0.2) is 0 Å². The van der Waals surface area contributed by atoms with E-state index in [-0.39, 0.29) is 0 Å². The van der Waals surface area contributed by atoms with Crippen LogP contribution >= 0.6 is 0 Å². The molecule has 0 amide bonds. The van der Waals surface area contributed by atoms with Crippen LogP contribution < -0.4 is 10.2 Å². The SMILES string of the molecule is C(=NNc1ccccc1)c1ccccc1Oc1cccnc1. The number of anilines is 1. The van der Waals surface area contributed by atoms with Gasteiger partial charge in [0.05, 0.1) is 18.1 Å². The van der Waals surface area contributed by atoms with E-state index in [0.717, 1.165) is 17.0 Å². The van der Waals surface area contributed by atoms with Crippen molar-refractivity contribution < 1.29 is 4.74 Å². The maximum Gasteiger partial charge on any atom is 0.145 e. The molecule has 22 heavy (non-hydrogen) atoms. The molecule has 0 aliphatic heterocycles. The lowest BCUT2D eigenvalue weighted by Crippen LogP contribution is -1.93. The second-order valence-electron chi connectivity index (χ2n) is 4.56. The summed E-state index contributed by atoms with van der Waals surface area (Å²) < 4.78 is 5.83. The lowest BCUT2D eigenvalue weighted by atomic mass is 10.2. The fourth-order valence-electron chi connectivity index (χ4n) is 1.90. The molecule has 1 aromatic heterocycles. The topological polar surface area (TPSA) is 46.5 Å². The van der Waals surface area contributed by atoms with E-state index in [1.807, 2.05) is 66.7 Å². The van der Waals surface area contributed by atoms with Gasteiger partial charge in [0.25, 0.3) is 0 Å². The predicted octanol–water partition coefficient (Wildman–Crippen LogP) is 4.32. The molecule has 0 aliphatic rings. The van der Waals surface area contributed by atoms with Crippen molar-refractivity contribution in [1.29, 1.82) is 0 Å². The van der Waals surface area contributed by atoms with E-state index in [1.54, 1.807) is 18.6 Å². The Morgan fingerprint density at radius 1 is 0.909 bits per heavy atom. The first-order chi connectivity index (χ1) is 10.9. The normalized spacial score (nSPS) is 10.5. The van der Waals surface area contributed by atoms with Crippen molar-refractivity contribution in [2.45, 2.75) is 0 Å². The van der Waals surface area contributed by atoms with Gasteiger partial charge in [-0.25, -0.2) is 0 Å². The van der Waals surface area contributed by atoms with Crippen LogP contribution in [-0.2, 0) is 0 Å². The second kappa shape index (κ2) is 7.04. The molecule has 0 fully saturated rings.